The molecular weight excluding hydrogens is 249 g/mol. The van der Waals surface area contributed by atoms with Crippen LogP contribution in [0, 0.1) is 5.82 Å². The number of aliphatic hydroxyl groups is 1. The maximum atomic E-state index is 12.6. The third-order valence-corrected chi connectivity index (χ3v) is 3.11. The first-order valence-electron chi connectivity index (χ1n) is 6.49. The van der Waals surface area contributed by atoms with Crippen LogP contribution in [-0.2, 0) is 4.79 Å². The number of ether oxygens (including phenoxy) is 1. The van der Waals surface area contributed by atoms with Gasteiger partial charge in [-0.2, -0.15) is 0 Å². The molecule has 1 saturated carbocycles. The van der Waals surface area contributed by atoms with Crippen LogP contribution in [0.4, 0.5) is 4.39 Å². The van der Waals surface area contributed by atoms with Gasteiger partial charge in [0.2, 0.25) is 5.91 Å². The first-order valence-corrected chi connectivity index (χ1v) is 6.49. The van der Waals surface area contributed by atoms with E-state index in [9.17, 15) is 9.18 Å². The summed E-state index contributed by atoms with van der Waals surface area (Å²) >= 11 is 0. The standard InChI is InChI=1S/C14H18FNO3/c15-10-3-5-13(6-4-10)19-7-1-2-14(18)16-11-8-12(17)9-11/h3-6,11-12,17H,1-2,7-9H2,(H,16,18). The second-order valence-electron chi connectivity index (χ2n) is 4.80. The Bertz CT molecular complexity index is 415. The largest absolute Gasteiger partial charge is 0.494 e. The highest BCUT2D eigenvalue weighted by molar-refractivity contribution is 5.76. The van der Waals surface area contributed by atoms with Crippen molar-refractivity contribution in [1.29, 1.82) is 0 Å². The number of rotatable bonds is 6. The predicted molar refractivity (Wildman–Crippen MR) is 68.3 cm³/mol. The number of halogens is 1. The summed E-state index contributed by atoms with van der Waals surface area (Å²) in [7, 11) is 0. The molecule has 104 valence electrons. The van der Waals surface area contributed by atoms with E-state index in [1.165, 1.54) is 12.1 Å². The van der Waals surface area contributed by atoms with Crippen molar-refractivity contribution in [3.63, 3.8) is 0 Å². The smallest absolute Gasteiger partial charge is 0.220 e. The van der Waals surface area contributed by atoms with Crippen molar-refractivity contribution in [1.82, 2.24) is 5.32 Å². The molecule has 2 N–H and O–H groups in total. The lowest BCUT2D eigenvalue weighted by atomic mass is 9.89. The van der Waals surface area contributed by atoms with E-state index in [2.05, 4.69) is 5.32 Å². The van der Waals surface area contributed by atoms with Gasteiger partial charge in [0.15, 0.2) is 0 Å². The lowest BCUT2D eigenvalue weighted by Crippen LogP contribution is -2.46. The van der Waals surface area contributed by atoms with Crippen molar-refractivity contribution in [3.8, 4) is 5.75 Å². The predicted octanol–water partition coefficient (Wildman–Crippen LogP) is 1.62. The van der Waals surface area contributed by atoms with Crippen molar-refractivity contribution < 1.29 is 19.0 Å². The Hall–Kier alpha value is -1.62. The molecule has 1 fully saturated rings. The molecule has 19 heavy (non-hydrogen) atoms. The van der Waals surface area contributed by atoms with Crippen LogP contribution in [-0.4, -0.2) is 29.8 Å². The molecular formula is C14H18FNO3. The summed E-state index contributed by atoms with van der Waals surface area (Å²) in [5, 5.41) is 11.9. The molecule has 0 heterocycles. The van der Waals surface area contributed by atoms with Crippen LogP contribution in [0.1, 0.15) is 25.7 Å². The first kappa shape index (κ1) is 13.8. The number of carbonyl (C=O) groups excluding carboxylic acids is 1. The lowest BCUT2D eigenvalue weighted by molar-refractivity contribution is -0.123. The molecule has 1 aromatic rings. The third-order valence-electron chi connectivity index (χ3n) is 3.11. The number of amides is 1. The second-order valence-corrected chi connectivity index (χ2v) is 4.80. The Morgan fingerprint density at radius 2 is 2.05 bits per heavy atom. The van der Waals surface area contributed by atoms with Crippen molar-refractivity contribution >= 4 is 5.91 Å². The molecule has 1 aromatic carbocycles. The number of benzene rings is 1. The highest BCUT2D eigenvalue weighted by Gasteiger charge is 2.27. The molecule has 5 heteroatoms. The summed E-state index contributed by atoms with van der Waals surface area (Å²) in [5.41, 5.74) is 0. The van der Waals surface area contributed by atoms with E-state index in [1.54, 1.807) is 12.1 Å². The van der Waals surface area contributed by atoms with E-state index in [0.29, 0.717) is 38.0 Å². The fourth-order valence-electron chi connectivity index (χ4n) is 1.96. The van der Waals surface area contributed by atoms with Gasteiger partial charge < -0.3 is 15.2 Å². The molecule has 0 aliphatic heterocycles. The van der Waals surface area contributed by atoms with Gasteiger partial charge in [0.1, 0.15) is 11.6 Å². The van der Waals surface area contributed by atoms with Crippen LogP contribution < -0.4 is 10.1 Å². The minimum absolute atomic E-state index is 0.0143. The Morgan fingerprint density at radius 1 is 1.37 bits per heavy atom. The van der Waals surface area contributed by atoms with Crippen LogP contribution in [0.25, 0.3) is 0 Å². The van der Waals surface area contributed by atoms with E-state index in [-0.39, 0.29) is 23.9 Å². The minimum Gasteiger partial charge on any atom is -0.494 e. The molecule has 1 amide bonds. The maximum Gasteiger partial charge on any atom is 0.220 e. The van der Waals surface area contributed by atoms with Crippen molar-refractivity contribution in [2.75, 3.05) is 6.61 Å². The quantitative estimate of drug-likeness (QED) is 0.770. The zero-order valence-electron chi connectivity index (χ0n) is 10.6. The average Bonchev–Trinajstić information content (AvgIpc) is 2.35. The van der Waals surface area contributed by atoms with E-state index in [1.807, 2.05) is 0 Å². The molecule has 2 rings (SSSR count). The summed E-state index contributed by atoms with van der Waals surface area (Å²) in [4.78, 5) is 11.5. The van der Waals surface area contributed by atoms with Gasteiger partial charge in [-0.3, -0.25) is 4.79 Å². The van der Waals surface area contributed by atoms with Crippen LogP contribution >= 0.6 is 0 Å². The Kier molecular flexibility index (Phi) is 4.74. The monoisotopic (exact) mass is 267 g/mol. The molecule has 0 saturated heterocycles. The van der Waals surface area contributed by atoms with Gasteiger partial charge in [0.05, 0.1) is 12.7 Å². The van der Waals surface area contributed by atoms with E-state index in [0.717, 1.165) is 0 Å². The Labute approximate surface area is 111 Å². The van der Waals surface area contributed by atoms with E-state index < -0.39 is 0 Å². The van der Waals surface area contributed by atoms with Gasteiger partial charge in [-0.05, 0) is 43.5 Å². The molecule has 1 aliphatic carbocycles. The number of carbonyl (C=O) groups is 1. The van der Waals surface area contributed by atoms with Gasteiger partial charge in [0.25, 0.3) is 0 Å². The van der Waals surface area contributed by atoms with Crippen LogP contribution in [0.5, 0.6) is 5.75 Å². The Morgan fingerprint density at radius 3 is 2.68 bits per heavy atom. The highest BCUT2D eigenvalue weighted by atomic mass is 19.1. The molecule has 0 aromatic heterocycles. The Balaban J connectivity index is 1.56. The van der Waals surface area contributed by atoms with E-state index >= 15 is 0 Å². The normalized spacial score (nSPS) is 21.6. The zero-order valence-corrected chi connectivity index (χ0v) is 10.6. The van der Waals surface area contributed by atoms with Crippen molar-refractivity contribution in [3.05, 3.63) is 30.1 Å². The zero-order chi connectivity index (χ0) is 13.7. The van der Waals surface area contributed by atoms with Crippen molar-refractivity contribution in [2.45, 2.75) is 37.8 Å². The first-order chi connectivity index (χ1) is 9.13. The summed E-state index contributed by atoms with van der Waals surface area (Å²) in [6, 6.07) is 5.92. The summed E-state index contributed by atoms with van der Waals surface area (Å²) in [6.07, 6.45) is 2.05. The molecule has 0 atom stereocenters. The molecule has 4 nitrogen and oxygen atoms in total. The molecule has 0 bridgehead atoms. The SMILES string of the molecule is O=C(CCCOc1ccc(F)cc1)NC1CC(O)C1. The minimum atomic E-state index is -0.297. The van der Waals surface area contributed by atoms with Crippen molar-refractivity contribution in [2.24, 2.45) is 0 Å². The maximum absolute atomic E-state index is 12.6. The van der Waals surface area contributed by atoms with Gasteiger partial charge in [0, 0.05) is 12.5 Å². The lowest BCUT2D eigenvalue weighted by Gasteiger charge is -2.31. The fraction of sp³-hybridized carbons (Fsp3) is 0.500. The number of nitrogens with one attached hydrogen (secondary N) is 1. The number of aliphatic hydroxyl groups excluding tert-OH is 1. The topological polar surface area (TPSA) is 58.6 Å². The summed E-state index contributed by atoms with van der Waals surface area (Å²) < 4.78 is 18.0. The van der Waals surface area contributed by atoms with Gasteiger partial charge >= 0.3 is 0 Å². The number of hydrogen-bond donors (Lipinski definition) is 2. The van der Waals surface area contributed by atoms with Crippen LogP contribution in [0.3, 0.4) is 0 Å². The van der Waals surface area contributed by atoms with Crippen LogP contribution in [0.2, 0.25) is 0 Å². The second kappa shape index (κ2) is 6.52. The molecule has 1 aliphatic rings. The summed E-state index contributed by atoms with van der Waals surface area (Å²) in [5.74, 6) is 0.290. The van der Waals surface area contributed by atoms with Gasteiger partial charge in [-0.1, -0.05) is 0 Å². The van der Waals surface area contributed by atoms with E-state index in [4.69, 9.17) is 9.84 Å². The molecule has 0 spiro atoms. The number of hydrogen-bond acceptors (Lipinski definition) is 3. The molecule has 0 radical (unpaired) electrons. The molecule has 0 unspecified atom stereocenters. The van der Waals surface area contributed by atoms with Crippen LogP contribution in [0.15, 0.2) is 24.3 Å². The fourth-order valence-corrected chi connectivity index (χ4v) is 1.96. The average molecular weight is 267 g/mol. The van der Waals surface area contributed by atoms with Gasteiger partial charge in [-0.25, -0.2) is 4.39 Å². The third kappa shape index (κ3) is 4.52. The summed E-state index contributed by atoms with van der Waals surface area (Å²) in [6.45, 7) is 0.423. The highest BCUT2D eigenvalue weighted by Crippen LogP contribution is 2.19. The van der Waals surface area contributed by atoms with Gasteiger partial charge in [-0.15, -0.1) is 0 Å².